The van der Waals surface area contributed by atoms with Gasteiger partial charge in [-0.25, -0.2) is 4.39 Å². The number of para-hydroxylation sites is 2. The number of benzene rings is 2. The van der Waals surface area contributed by atoms with Crippen LogP contribution in [0.1, 0.15) is 26.5 Å². The van der Waals surface area contributed by atoms with E-state index in [0.717, 1.165) is 0 Å². The Labute approximate surface area is 169 Å². The van der Waals surface area contributed by atoms with Crippen LogP contribution in [0, 0.1) is 22.9 Å². The molecule has 1 heterocycles. The van der Waals surface area contributed by atoms with Crippen molar-refractivity contribution in [1.82, 2.24) is 10.0 Å². The fourth-order valence-electron chi connectivity index (χ4n) is 2.84. The summed E-state index contributed by atoms with van der Waals surface area (Å²) in [6, 6.07) is 11.5. The van der Waals surface area contributed by atoms with E-state index < -0.39 is 11.6 Å². The number of ketones is 1. The fourth-order valence-corrected chi connectivity index (χ4v) is 3.55. The molecule has 0 bridgehead atoms. The summed E-state index contributed by atoms with van der Waals surface area (Å²) < 4.78 is 14.0. The molecule has 0 spiro atoms. The Bertz CT molecular complexity index is 1130. The maximum Gasteiger partial charge on any atom is 0.325 e. The highest BCUT2D eigenvalue weighted by molar-refractivity contribution is 8.00. The van der Waals surface area contributed by atoms with Crippen LogP contribution in [0.5, 0.6) is 0 Å². The molecule has 1 N–H and O–H groups in total. The number of Topliss-reactive ketones (excluding diaryl/α,β-unsaturated/α-hetero) is 1. The molecule has 2 aromatic carbocycles. The average molecular weight is 415 g/mol. The van der Waals surface area contributed by atoms with Gasteiger partial charge in [0.2, 0.25) is 5.78 Å². The number of thioether (sulfide) groups is 1. The topological polar surface area (TPSA) is 97.1 Å². The van der Waals surface area contributed by atoms with Gasteiger partial charge in [0.05, 0.1) is 15.9 Å². The van der Waals surface area contributed by atoms with Crippen LogP contribution in [0.2, 0.25) is 0 Å². The lowest BCUT2D eigenvalue weighted by atomic mass is 10.2. The molecule has 0 atom stereocenters. The van der Waals surface area contributed by atoms with E-state index in [1.165, 1.54) is 55.1 Å². The van der Waals surface area contributed by atoms with E-state index >= 15 is 0 Å². The number of carbonyl (C=O) groups is 2. The highest BCUT2D eigenvalue weighted by Gasteiger charge is 2.26. The van der Waals surface area contributed by atoms with Gasteiger partial charge in [-0.05, 0) is 37.3 Å². The third-order valence-corrected chi connectivity index (χ3v) is 5.26. The van der Waals surface area contributed by atoms with E-state index in [9.17, 15) is 24.1 Å². The molecule has 3 rings (SSSR count). The molecule has 0 saturated carbocycles. The fraction of sp³-hybridized carbons (Fsp3) is 0.200. The summed E-state index contributed by atoms with van der Waals surface area (Å²) >= 11 is 1.24. The van der Waals surface area contributed by atoms with Crippen molar-refractivity contribution in [2.75, 3.05) is 18.1 Å². The van der Waals surface area contributed by atoms with Crippen molar-refractivity contribution in [3.8, 4) is 0 Å². The Morgan fingerprint density at radius 2 is 1.86 bits per heavy atom. The van der Waals surface area contributed by atoms with Crippen molar-refractivity contribution in [1.29, 1.82) is 0 Å². The van der Waals surface area contributed by atoms with Gasteiger partial charge in [-0.1, -0.05) is 12.1 Å². The lowest BCUT2D eigenvalue weighted by Crippen LogP contribution is -2.31. The summed E-state index contributed by atoms with van der Waals surface area (Å²) in [4.78, 5) is 37.0. The molecule has 29 heavy (non-hydrogen) atoms. The molecule has 3 aromatic rings. The third kappa shape index (κ3) is 4.45. The zero-order chi connectivity index (χ0) is 21.0. The molecule has 1 amide bonds. The number of halogens is 1. The molecule has 0 aliphatic carbocycles. The molecule has 9 heteroatoms. The first kappa shape index (κ1) is 20.5. The van der Waals surface area contributed by atoms with Gasteiger partial charge in [0.25, 0.3) is 11.4 Å². The molecule has 0 aliphatic heterocycles. The first-order chi connectivity index (χ1) is 13.9. The number of aromatic nitrogens is 2. The molecular weight excluding hydrogens is 397 g/mol. The monoisotopic (exact) mass is 415 g/mol. The van der Waals surface area contributed by atoms with Crippen LogP contribution in [0.15, 0.2) is 48.5 Å². The van der Waals surface area contributed by atoms with Gasteiger partial charge < -0.3 is 15.3 Å². The maximum absolute atomic E-state index is 12.9. The highest BCUT2D eigenvalue weighted by Crippen LogP contribution is 2.15. The number of amides is 1. The second-order valence-electron chi connectivity index (χ2n) is 6.25. The van der Waals surface area contributed by atoms with Crippen molar-refractivity contribution in [3.05, 3.63) is 81.4 Å². The summed E-state index contributed by atoms with van der Waals surface area (Å²) in [6.07, 6.45) is 0. The van der Waals surface area contributed by atoms with E-state index in [2.05, 4.69) is 5.32 Å². The van der Waals surface area contributed by atoms with E-state index in [-0.39, 0.29) is 34.1 Å². The number of rotatable bonds is 7. The van der Waals surface area contributed by atoms with Gasteiger partial charge in [-0.2, -0.15) is 11.8 Å². The predicted octanol–water partition coefficient (Wildman–Crippen LogP) is 2.70. The number of fused-ring (bicyclic) bond motifs is 1. The minimum absolute atomic E-state index is 0.00611. The summed E-state index contributed by atoms with van der Waals surface area (Å²) in [5.74, 6) is -0.792. The first-order valence-corrected chi connectivity index (χ1v) is 9.94. The summed E-state index contributed by atoms with van der Waals surface area (Å²) in [7, 11) is 0. The predicted molar refractivity (Wildman–Crippen MR) is 109 cm³/mol. The lowest BCUT2D eigenvalue weighted by molar-refractivity contribution is -0.468. The Balaban J connectivity index is 1.58. The van der Waals surface area contributed by atoms with Gasteiger partial charge in [0.15, 0.2) is 0 Å². The van der Waals surface area contributed by atoms with Crippen molar-refractivity contribution < 1.29 is 18.4 Å². The third-order valence-electron chi connectivity index (χ3n) is 4.31. The van der Waals surface area contributed by atoms with E-state index in [0.29, 0.717) is 27.0 Å². The highest BCUT2D eigenvalue weighted by atomic mass is 32.2. The maximum atomic E-state index is 12.9. The largest absolute Gasteiger partial charge is 0.805 e. The minimum Gasteiger partial charge on any atom is -0.805 e. The molecule has 7 nitrogen and oxygen atoms in total. The van der Waals surface area contributed by atoms with Gasteiger partial charge in [0.1, 0.15) is 11.3 Å². The van der Waals surface area contributed by atoms with Gasteiger partial charge >= 0.3 is 5.69 Å². The number of nitrogens with one attached hydrogen (secondary N) is 1. The smallest absolute Gasteiger partial charge is 0.325 e. The van der Waals surface area contributed by atoms with Crippen LogP contribution in [0.4, 0.5) is 4.39 Å². The number of nitrogens with zero attached hydrogens (tertiary/aromatic N) is 2. The van der Waals surface area contributed by atoms with Crippen LogP contribution in [-0.2, 0) is 0 Å². The van der Waals surface area contributed by atoms with Crippen molar-refractivity contribution in [2.45, 2.75) is 6.92 Å². The summed E-state index contributed by atoms with van der Waals surface area (Å²) in [6.45, 7) is 1.73. The summed E-state index contributed by atoms with van der Waals surface area (Å²) in [5, 5.41) is 15.0. The van der Waals surface area contributed by atoms with E-state index in [4.69, 9.17) is 0 Å². The van der Waals surface area contributed by atoms with Gasteiger partial charge in [0, 0.05) is 28.8 Å². The number of carbonyl (C=O) groups excluding carboxylic acids is 2. The second kappa shape index (κ2) is 8.87. The molecule has 0 saturated heterocycles. The molecule has 0 radical (unpaired) electrons. The van der Waals surface area contributed by atoms with Crippen molar-refractivity contribution in [2.24, 2.45) is 0 Å². The molecule has 0 fully saturated rings. The van der Waals surface area contributed by atoms with Crippen molar-refractivity contribution in [3.63, 3.8) is 0 Å². The number of hydrogen-bond acceptors (Lipinski definition) is 5. The Hall–Kier alpha value is -3.20. The van der Waals surface area contributed by atoms with Gasteiger partial charge in [-0.3, -0.25) is 9.59 Å². The molecule has 1 aromatic heterocycles. The average Bonchev–Trinajstić information content (AvgIpc) is 2.72. The Morgan fingerprint density at radius 1 is 1.17 bits per heavy atom. The van der Waals surface area contributed by atoms with Crippen LogP contribution < -0.4 is 9.74 Å². The first-order valence-electron chi connectivity index (χ1n) is 8.79. The molecule has 150 valence electrons. The minimum atomic E-state index is -0.456. The lowest BCUT2D eigenvalue weighted by Gasteiger charge is -2.15. The normalized spacial score (nSPS) is 10.8. The van der Waals surface area contributed by atoms with Crippen LogP contribution in [-0.4, -0.2) is 34.5 Å². The molecule has 0 unspecified atom stereocenters. The molecular formula is C20H18FN3O4S. The quantitative estimate of drug-likeness (QED) is 0.364. The van der Waals surface area contributed by atoms with E-state index in [1.54, 1.807) is 12.1 Å². The van der Waals surface area contributed by atoms with Crippen molar-refractivity contribution >= 4 is 34.5 Å². The van der Waals surface area contributed by atoms with Crippen LogP contribution >= 0.6 is 11.8 Å². The Morgan fingerprint density at radius 3 is 2.59 bits per heavy atom. The SMILES string of the molecule is Cc1c(C(=O)CSCCNC(=O)c2ccc(F)cc2)[n+](=O)c2ccccc2n1[O-]. The van der Waals surface area contributed by atoms with Crippen LogP contribution in [0.25, 0.3) is 11.0 Å². The van der Waals surface area contributed by atoms with Gasteiger partial charge in [-0.15, -0.1) is 0 Å². The van der Waals surface area contributed by atoms with Crippen LogP contribution in [0.3, 0.4) is 0 Å². The number of hydrogen-bond donors (Lipinski definition) is 1. The van der Waals surface area contributed by atoms with E-state index in [1.807, 2.05) is 0 Å². The standard InChI is InChI=1S/C20H18FN3O4S/c1-13-19(24(28)17-5-3-2-4-16(17)23(13)27)18(25)12-29-11-10-22-20(26)14-6-8-15(21)9-7-14/h2-9H,10-12H2,1H3,(H,22,26). The zero-order valence-corrected chi connectivity index (χ0v) is 16.4. The zero-order valence-electron chi connectivity index (χ0n) is 15.6. The second-order valence-corrected chi connectivity index (χ2v) is 7.36. The molecule has 0 aliphatic rings. The Kier molecular flexibility index (Phi) is 6.28. The summed E-state index contributed by atoms with van der Waals surface area (Å²) in [5.41, 5.74) is 0.544.